The smallest absolute Gasteiger partial charge is 0.287 e. The maximum atomic E-state index is 12.6. The van der Waals surface area contributed by atoms with E-state index in [-0.39, 0.29) is 17.4 Å². The number of fused-ring (bicyclic) bond motifs is 1. The van der Waals surface area contributed by atoms with Crippen LogP contribution in [0.3, 0.4) is 0 Å². The summed E-state index contributed by atoms with van der Waals surface area (Å²) in [6.45, 7) is 0. The Bertz CT molecular complexity index is 1040. The summed E-state index contributed by atoms with van der Waals surface area (Å²) in [6.07, 6.45) is 1.46. The largest absolute Gasteiger partial charge is 0.508 e. The molecule has 1 amide bonds. The first-order valence-corrected chi connectivity index (χ1v) is 8.34. The molecule has 3 aromatic carbocycles. The second-order valence-corrected chi connectivity index (χ2v) is 6.01. The molecule has 4 heteroatoms. The number of phenolic OH excluding ortho intramolecular Hbond substituents is 1. The molecule has 0 aliphatic heterocycles. The summed E-state index contributed by atoms with van der Waals surface area (Å²) in [5.41, 5.74) is 1.54. The van der Waals surface area contributed by atoms with E-state index in [0.29, 0.717) is 5.56 Å². The summed E-state index contributed by atoms with van der Waals surface area (Å²) in [7, 11) is 0. The van der Waals surface area contributed by atoms with Gasteiger partial charge in [-0.1, -0.05) is 60.7 Å². The molecule has 4 rings (SSSR count). The Morgan fingerprint density at radius 2 is 1.65 bits per heavy atom. The van der Waals surface area contributed by atoms with E-state index in [2.05, 4.69) is 5.32 Å². The number of amides is 1. The van der Waals surface area contributed by atoms with Gasteiger partial charge in [0.05, 0.1) is 12.3 Å². The number of rotatable bonds is 4. The fraction of sp³-hybridized carbons (Fsp3) is 0.0455. The number of benzene rings is 3. The van der Waals surface area contributed by atoms with Crippen LogP contribution in [0.25, 0.3) is 10.8 Å². The van der Waals surface area contributed by atoms with E-state index in [9.17, 15) is 9.90 Å². The van der Waals surface area contributed by atoms with Gasteiger partial charge in [-0.2, -0.15) is 0 Å². The van der Waals surface area contributed by atoms with Crippen LogP contribution in [0.2, 0.25) is 0 Å². The summed E-state index contributed by atoms with van der Waals surface area (Å²) in [4.78, 5) is 12.6. The molecule has 0 aliphatic rings. The third-order valence-corrected chi connectivity index (χ3v) is 4.39. The predicted octanol–water partition coefficient (Wildman–Crippen LogP) is 4.66. The molecule has 2 N–H and O–H groups in total. The van der Waals surface area contributed by atoms with E-state index < -0.39 is 6.04 Å². The first-order chi connectivity index (χ1) is 12.7. The van der Waals surface area contributed by atoms with Crippen molar-refractivity contribution in [1.82, 2.24) is 5.32 Å². The van der Waals surface area contributed by atoms with Gasteiger partial charge < -0.3 is 14.8 Å². The lowest BCUT2D eigenvalue weighted by atomic mass is 9.92. The molecule has 0 unspecified atom stereocenters. The zero-order valence-electron chi connectivity index (χ0n) is 13.9. The molecular weight excluding hydrogens is 326 g/mol. The Morgan fingerprint density at radius 1 is 0.885 bits per heavy atom. The minimum absolute atomic E-state index is 0.136. The van der Waals surface area contributed by atoms with Crippen molar-refractivity contribution < 1.29 is 14.3 Å². The van der Waals surface area contributed by atoms with Crippen LogP contribution in [-0.2, 0) is 0 Å². The summed E-state index contributed by atoms with van der Waals surface area (Å²) >= 11 is 0. The topological polar surface area (TPSA) is 62.5 Å². The predicted molar refractivity (Wildman–Crippen MR) is 100 cm³/mol. The Morgan fingerprint density at radius 3 is 2.42 bits per heavy atom. The van der Waals surface area contributed by atoms with Crippen LogP contribution in [0.5, 0.6) is 5.75 Å². The van der Waals surface area contributed by atoms with Crippen molar-refractivity contribution in [2.45, 2.75) is 6.04 Å². The van der Waals surface area contributed by atoms with Crippen molar-refractivity contribution in [1.29, 1.82) is 0 Å². The highest BCUT2D eigenvalue weighted by atomic mass is 16.3. The standard InChI is InChI=1S/C22H17NO3/c24-18-13-12-15-7-4-5-10-17(15)20(18)21(16-8-2-1-3-9-16)23-22(25)19-11-6-14-26-19/h1-14,21,24H,(H,23,25)/t21-/m0/s1. The van der Waals surface area contributed by atoms with Crippen LogP contribution in [0, 0.1) is 0 Å². The second kappa shape index (κ2) is 6.76. The van der Waals surface area contributed by atoms with Crippen molar-refractivity contribution in [3.8, 4) is 5.75 Å². The van der Waals surface area contributed by atoms with Gasteiger partial charge in [0.15, 0.2) is 5.76 Å². The van der Waals surface area contributed by atoms with E-state index in [1.54, 1.807) is 18.2 Å². The molecule has 1 atom stereocenters. The van der Waals surface area contributed by atoms with Gasteiger partial charge in [0.1, 0.15) is 5.75 Å². The molecule has 0 radical (unpaired) electrons. The Kier molecular flexibility index (Phi) is 4.15. The Labute approximate surface area is 150 Å². The number of nitrogens with one attached hydrogen (secondary N) is 1. The van der Waals surface area contributed by atoms with E-state index in [1.807, 2.05) is 60.7 Å². The highest BCUT2D eigenvalue weighted by Gasteiger charge is 2.23. The van der Waals surface area contributed by atoms with Crippen LogP contribution in [0.4, 0.5) is 0 Å². The molecule has 4 nitrogen and oxygen atoms in total. The molecule has 4 aromatic rings. The zero-order chi connectivity index (χ0) is 17.9. The van der Waals surface area contributed by atoms with Gasteiger partial charge in [0, 0.05) is 5.56 Å². The number of furan rings is 1. The third kappa shape index (κ3) is 2.93. The summed E-state index contributed by atoms with van der Waals surface area (Å²) in [5.74, 6) is 0.0270. The van der Waals surface area contributed by atoms with Crippen molar-refractivity contribution in [3.05, 3.63) is 102 Å². The minimum atomic E-state index is -0.514. The Balaban J connectivity index is 1.86. The maximum absolute atomic E-state index is 12.6. The van der Waals surface area contributed by atoms with Gasteiger partial charge in [0.2, 0.25) is 0 Å². The van der Waals surface area contributed by atoms with Gasteiger partial charge in [-0.25, -0.2) is 0 Å². The van der Waals surface area contributed by atoms with Gasteiger partial charge in [0.25, 0.3) is 5.91 Å². The van der Waals surface area contributed by atoms with Crippen LogP contribution >= 0.6 is 0 Å². The number of phenols is 1. The third-order valence-electron chi connectivity index (χ3n) is 4.39. The summed E-state index contributed by atoms with van der Waals surface area (Å²) in [6, 6.07) is 23.7. The number of carbonyl (C=O) groups excluding carboxylic acids is 1. The monoisotopic (exact) mass is 343 g/mol. The first kappa shape index (κ1) is 16.0. The van der Waals surface area contributed by atoms with Crippen molar-refractivity contribution in [2.75, 3.05) is 0 Å². The van der Waals surface area contributed by atoms with Crippen LogP contribution in [0.1, 0.15) is 27.7 Å². The van der Waals surface area contributed by atoms with Crippen molar-refractivity contribution >= 4 is 16.7 Å². The lowest BCUT2D eigenvalue weighted by Gasteiger charge is -2.22. The minimum Gasteiger partial charge on any atom is -0.508 e. The molecule has 0 saturated heterocycles. The average molecular weight is 343 g/mol. The lowest BCUT2D eigenvalue weighted by molar-refractivity contribution is 0.0915. The van der Waals surface area contributed by atoms with Gasteiger partial charge in [-0.15, -0.1) is 0 Å². The number of hydrogen-bond donors (Lipinski definition) is 2. The number of aromatic hydroxyl groups is 1. The molecule has 26 heavy (non-hydrogen) atoms. The normalized spacial score (nSPS) is 12.0. The fourth-order valence-electron chi connectivity index (χ4n) is 3.17. The summed E-state index contributed by atoms with van der Waals surface area (Å²) in [5, 5.41) is 15.5. The van der Waals surface area contributed by atoms with Crippen LogP contribution in [-0.4, -0.2) is 11.0 Å². The molecule has 1 heterocycles. The van der Waals surface area contributed by atoms with Crippen LogP contribution < -0.4 is 5.32 Å². The van der Waals surface area contributed by atoms with Crippen LogP contribution in [0.15, 0.2) is 89.5 Å². The zero-order valence-corrected chi connectivity index (χ0v) is 13.9. The maximum Gasteiger partial charge on any atom is 0.287 e. The number of hydrogen-bond acceptors (Lipinski definition) is 3. The molecule has 1 aromatic heterocycles. The first-order valence-electron chi connectivity index (χ1n) is 8.34. The molecule has 128 valence electrons. The second-order valence-electron chi connectivity index (χ2n) is 6.01. The molecule has 0 aliphatic carbocycles. The van der Waals surface area contributed by atoms with Crippen molar-refractivity contribution in [3.63, 3.8) is 0 Å². The molecule has 0 saturated carbocycles. The Hall–Kier alpha value is -3.53. The van der Waals surface area contributed by atoms with Gasteiger partial charge in [-0.05, 0) is 34.5 Å². The quantitative estimate of drug-likeness (QED) is 0.566. The van der Waals surface area contributed by atoms with E-state index in [0.717, 1.165) is 16.3 Å². The molecule has 0 spiro atoms. The molecule has 0 bridgehead atoms. The van der Waals surface area contributed by atoms with E-state index in [1.165, 1.54) is 6.26 Å². The highest BCUT2D eigenvalue weighted by Crippen LogP contribution is 2.35. The van der Waals surface area contributed by atoms with E-state index in [4.69, 9.17) is 4.42 Å². The van der Waals surface area contributed by atoms with Gasteiger partial charge in [-0.3, -0.25) is 4.79 Å². The average Bonchev–Trinajstić information content (AvgIpc) is 3.22. The molecule has 0 fully saturated rings. The van der Waals surface area contributed by atoms with E-state index >= 15 is 0 Å². The number of carbonyl (C=O) groups is 1. The van der Waals surface area contributed by atoms with Gasteiger partial charge >= 0.3 is 0 Å². The highest BCUT2D eigenvalue weighted by molar-refractivity contribution is 5.94. The molecular formula is C22H17NO3. The SMILES string of the molecule is O=C(N[C@@H](c1ccccc1)c1c(O)ccc2ccccc12)c1ccco1. The summed E-state index contributed by atoms with van der Waals surface area (Å²) < 4.78 is 5.21. The fourth-order valence-corrected chi connectivity index (χ4v) is 3.17. The lowest BCUT2D eigenvalue weighted by Crippen LogP contribution is -2.29. The van der Waals surface area contributed by atoms with Crippen molar-refractivity contribution in [2.24, 2.45) is 0 Å².